The minimum absolute atomic E-state index is 0.260. The van der Waals surface area contributed by atoms with Crippen molar-refractivity contribution in [3.05, 3.63) is 47.3 Å². The van der Waals surface area contributed by atoms with E-state index in [4.69, 9.17) is 0 Å². The summed E-state index contributed by atoms with van der Waals surface area (Å²) < 4.78 is 27.6. The third-order valence-electron chi connectivity index (χ3n) is 3.83. The highest BCUT2D eigenvalue weighted by atomic mass is 32.2. The molecular weight excluding hydrogens is 304 g/mol. The summed E-state index contributed by atoms with van der Waals surface area (Å²) in [6.45, 7) is 0.514. The second-order valence-electron chi connectivity index (χ2n) is 5.34. The van der Waals surface area contributed by atoms with Gasteiger partial charge in [0.2, 0.25) is 0 Å². The lowest BCUT2D eigenvalue weighted by Gasteiger charge is -2.37. The molecule has 0 radical (unpaired) electrons. The van der Waals surface area contributed by atoms with Crippen LogP contribution in [0.1, 0.15) is 18.0 Å². The summed E-state index contributed by atoms with van der Waals surface area (Å²) in [6, 6.07) is 11.5. The van der Waals surface area contributed by atoms with Crippen LogP contribution in [0.3, 0.4) is 0 Å². The van der Waals surface area contributed by atoms with Crippen molar-refractivity contribution in [1.29, 1.82) is 0 Å². The molecule has 0 fully saturated rings. The van der Waals surface area contributed by atoms with E-state index in [1.165, 1.54) is 11.3 Å². The summed E-state index contributed by atoms with van der Waals surface area (Å²) >= 11 is 1.27. The molecule has 0 saturated carbocycles. The number of nitrogens with zero attached hydrogens (tertiary/aromatic N) is 2. The molecule has 3 rings (SSSR count). The summed E-state index contributed by atoms with van der Waals surface area (Å²) in [4.78, 5) is 2.15. The highest BCUT2D eigenvalue weighted by Gasteiger charge is 2.33. The first kappa shape index (κ1) is 14.6. The Kier molecular flexibility index (Phi) is 3.77. The smallest absolute Gasteiger partial charge is 0.273 e. The molecule has 0 spiro atoms. The maximum Gasteiger partial charge on any atom is 0.273 e. The van der Waals surface area contributed by atoms with Crippen molar-refractivity contribution in [2.24, 2.45) is 0 Å². The van der Waals surface area contributed by atoms with Crippen LogP contribution < -0.4 is 4.31 Å². The van der Waals surface area contributed by atoms with Crippen LogP contribution in [0, 0.1) is 0 Å². The predicted octanol–water partition coefficient (Wildman–Crippen LogP) is 2.95. The maximum atomic E-state index is 12.8. The molecule has 1 aromatic carbocycles. The number of fused-ring (bicyclic) bond motifs is 1. The Balaban J connectivity index is 2.08. The zero-order chi connectivity index (χ0) is 15.0. The first-order chi connectivity index (χ1) is 10.0. The average Bonchev–Trinajstić information content (AvgIpc) is 3.00. The van der Waals surface area contributed by atoms with Crippen molar-refractivity contribution in [1.82, 2.24) is 4.90 Å². The van der Waals surface area contributed by atoms with E-state index in [1.807, 2.05) is 38.4 Å². The fourth-order valence-corrected chi connectivity index (χ4v) is 5.43. The van der Waals surface area contributed by atoms with E-state index < -0.39 is 10.0 Å². The second-order valence-corrected chi connectivity index (χ2v) is 8.37. The van der Waals surface area contributed by atoms with E-state index in [1.54, 1.807) is 21.8 Å². The number of thiophene rings is 1. The van der Waals surface area contributed by atoms with Gasteiger partial charge >= 0.3 is 0 Å². The van der Waals surface area contributed by atoms with Gasteiger partial charge in [0.25, 0.3) is 10.0 Å². The first-order valence-electron chi connectivity index (χ1n) is 6.83. The summed E-state index contributed by atoms with van der Waals surface area (Å²) in [5.74, 6) is 0. The van der Waals surface area contributed by atoms with Gasteiger partial charge in [0.05, 0.1) is 5.69 Å². The van der Waals surface area contributed by atoms with Crippen LogP contribution in [0.2, 0.25) is 0 Å². The van der Waals surface area contributed by atoms with Gasteiger partial charge in [-0.3, -0.25) is 4.31 Å². The molecule has 6 heteroatoms. The van der Waals surface area contributed by atoms with Gasteiger partial charge in [-0.15, -0.1) is 11.3 Å². The highest BCUT2D eigenvalue weighted by molar-refractivity contribution is 7.94. The zero-order valence-electron chi connectivity index (χ0n) is 12.1. The molecule has 1 aliphatic heterocycles. The standard InChI is InChI=1S/C15H18N2O2S2/c1-16(2)13-9-10-17(14-7-4-3-6-12(13)14)21(18,19)15-8-5-11-20-15/h3-8,11,13H,9-10H2,1-2H3. The lowest BCUT2D eigenvalue weighted by Crippen LogP contribution is -2.39. The monoisotopic (exact) mass is 322 g/mol. The van der Waals surface area contributed by atoms with Gasteiger partial charge in [0.1, 0.15) is 4.21 Å². The van der Waals surface area contributed by atoms with E-state index in [9.17, 15) is 8.42 Å². The molecule has 0 bridgehead atoms. The van der Waals surface area contributed by atoms with Gasteiger partial charge < -0.3 is 4.90 Å². The number of hydrogen-bond donors (Lipinski definition) is 0. The van der Waals surface area contributed by atoms with Crippen molar-refractivity contribution in [2.45, 2.75) is 16.7 Å². The molecular formula is C15H18N2O2S2. The van der Waals surface area contributed by atoms with Crippen molar-refractivity contribution in [3.8, 4) is 0 Å². The molecule has 21 heavy (non-hydrogen) atoms. The largest absolute Gasteiger partial charge is 0.302 e. The van der Waals surface area contributed by atoms with Gasteiger partial charge in [-0.05, 0) is 43.6 Å². The summed E-state index contributed by atoms with van der Waals surface area (Å²) in [7, 11) is 0.617. The normalized spacial score (nSPS) is 18.8. The summed E-state index contributed by atoms with van der Waals surface area (Å²) in [5, 5.41) is 1.80. The van der Waals surface area contributed by atoms with Crippen molar-refractivity contribution in [3.63, 3.8) is 0 Å². The maximum absolute atomic E-state index is 12.8. The SMILES string of the molecule is CN(C)C1CCN(S(=O)(=O)c2cccs2)c2ccccc21. The Hall–Kier alpha value is -1.37. The minimum Gasteiger partial charge on any atom is -0.302 e. The molecule has 112 valence electrons. The van der Waals surface area contributed by atoms with Gasteiger partial charge in [-0.2, -0.15) is 0 Å². The zero-order valence-corrected chi connectivity index (χ0v) is 13.7. The summed E-state index contributed by atoms with van der Waals surface area (Å²) in [6.07, 6.45) is 0.800. The van der Waals surface area contributed by atoms with Crippen LogP contribution >= 0.6 is 11.3 Å². The van der Waals surface area contributed by atoms with Crippen LogP contribution in [0.4, 0.5) is 5.69 Å². The highest BCUT2D eigenvalue weighted by Crippen LogP contribution is 2.39. The molecule has 4 nitrogen and oxygen atoms in total. The van der Waals surface area contributed by atoms with Crippen molar-refractivity contribution in [2.75, 3.05) is 24.9 Å². The molecule has 0 aliphatic carbocycles. The average molecular weight is 322 g/mol. The number of rotatable bonds is 3. The van der Waals surface area contributed by atoms with E-state index in [2.05, 4.69) is 4.90 Å². The quantitative estimate of drug-likeness (QED) is 0.872. The first-order valence-corrected chi connectivity index (χ1v) is 9.15. The van der Waals surface area contributed by atoms with Crippen LogP contribution in [0.15, 0.2) is 46.0 Å². The topological polar surface area (TPSA) is 40.6 Å². The Labute approximate surface area is 129 Å². The van der Waals surface area contributed by atoms with Crippen molar-refractivity contribution >= 4 is 27.0 Å². The van der Waals surface area contributed by atoms with E-state index in [0.717, 1.165) is 17.7 Å². The molecule has 1 aromatic heterocycles. The molecule has 1 atom stereocenters. The second kappa shape index (κ2) is 5.44. The third kappa shape index (κ3) is 2.47. The Bertz CT molecular complexity index is 724. The molecule has 2 aromatic rings. The number of benzene rings is 1. The van der Waals surface area contributed by atoms with Crippen LogP contribution in [0.25, 0.3) is 0 Å². The van der Waals surface area contributed by atoms with Gasteiger partial charge in [0, 0.05) is 12.6 Å². The van der Waals surface area contributed by atoms with E-state index in [0.29, 0.717) is 10.8 Å². The fourth-order valence-electron chi connectivity index (χ4n) is 2.82. The molecule has 2 heterocycles. The molecule has 1 aliphatic rings. The number of hydrogen-bond acceptors (Lipinski definition) is 4. The lowest BCUT2D eigenvalue weighted by atomic mass is 9.97. The Morgan fingerprint density at radius 2 is 1.95 bits per heavy atom. The lowest BCUT2D eigenvalue weighted by molar-refractivity contribution is 0.281. The van der Waals surface area contributed by atoms with E-state index >= 15 is 0 Å². The third-order valence-corrected chi connectivity index (χ3v) is 7.02. The molecule has 0 amide bonds. The van der Waals surface area contributed by atoms with Crippen LogP contribution in [-0.2, 0) is 10.0 Å². The van der Waals surface area contributed by atoms with Gasteiger partial charge in [-0.1, -0.05) is 24.3 Å². The van der Waals surface area contributed by atoms with E-state index in [-0.39, 0.29) is 6.04 Å². The molecule has 0 N–H and O–H groups in total. The van der Waals surface area contributed by atoms with Crippen molar-refractivity contribution < 1.29 is 8.42 Å². The Morgan fingerprint density at radius 1 is 1.19 bits per heavy atom. The van der Waals surface area contributed by atoms with Gasteiger partial charge in [0.15, 0.2) is 0 Å². The minimum atomic E-state index is -3.45. The predicted molar refractivity (Wildman–Crippen MR) is 86.3 cm³/mol. The molecule has 0 saturated heterocycles. The number of anilines is 1. The van der Waals surface area contributed by atoms with Gasteiger partial charge in [-0.25, -0.2) is 8.42 Å². The molecule has 1 unspecified atom stereocenters. The number of para-hydroxylation sites is 1. The van der Waals surface area contributed by atoms with Crippen LogP contribution in [0.5, 0.6) is 0 Å². The van der Waals surface area contributed by atoms with Crippen LogP contribution in [-0.4, -0.2) is 34.0 Å². The number of sulfonamides is 1. The Morgan fingerprint density at radius 3 is 2.62 bits per heavy atom. The fraction of sp³-hybridized carbons (Fsp3) is 0.333. The summed E-state index contributed by atoms with van der Waals surface area (Å²) in [5.41, 5.74) is 1.88.